The molecule has 1 saturated carbocycles. The number of rotatable bonds is 3. The molecule has 140 valence electrons. The second kappa shape index (κ2) is 6.99. The van der Waals surface area contributed by atoms with E-state index in [1.807, 2.05) is 12.1 Å². The number of carbonyl (C=O) groups is 1. The molecule has 1 N–H and O–H groups in total. The highest BCUT2D eigenvalue weighted by Crippen LogP contribution is 2.41. The summed E-state index contributed by atoms with van der Waals surface area (Å²) >= 11 is 0. The van der Waals surface area contributed by atoms with Gasteiger partial charge in [0.1, 0.15) is 0 Å². The predicted octanol–water partition coefficient (Wildman–Crippen LogP) is 5.42. The van der Waals surface area contributed by atoms with E-state index in [4.69, 9.17) is 0 Å². The van der Waals surface area contributed by atoms with Gasteiger partial charge in [-0.25, -0.2) is 0 Å². The minimum atomic E-state index is -0.370. The van der Waals surface area contributed by atoms with E-state index in [-0.39, 0.29) is 16.7 Å². The zero-order chi connectivity index (χ0) is 18.9. The number of benzene rings is 2. The van der Waals surface area contributed by atoms with E-state index in [0.717, 1.165) is 37.8 Å². The summed E-state index contributed by atoms with van der Waals surface area (Å²) in [6.07, 6.45) is 8.25. The molecule has 0 saturated heterocycles. The van der Waals surface area contributed by atoms with Gasteiger partial charge in [-0.1, -0.05) is 73.9 Å². The van der Waals surface area contributed by atoms with E-state index in [1.165, 1.54) is 23.1 Å². The third-order valence-corrected chi connectivity index (χ3v) is 6.19. The predicted molar refractivity (Wildman–Crippen MR) is 112 cm³/mol. The van der Waals surface area contributed by atoms with Crippen molar-refractivity contribution in [3.8, 4) is 0 Å². The molecule has 2 nitrogen and oxygen atoms in total. The summed E-state index contributed by atoms with van der Waals surface area (Å²) in [7, 11) is 0. The van der Waals surface area contributed by atoms with Gasteiger partial charge in [-0.15, -0.1) is 0 Å². The Labute approximate surface area is 162 Å². The van der Waals surface area contributed by atoms with Crippen LogP contribution in [0.25, 0.3) is 5.70 Å². The maximum atomic E-state index is 13.7. The van der Waals surface area contributed by atoms with Crippen LogP contribution in [0.5, 0.6) is 0 Å². The van der Waals surface area contributed by atoms with Gasteiger partial charge in [-0.05, 0) is 44.2 Å². The zero-order valence-corrected chi connectivity index (χ0v) is 16.4. The molecule has 0 atom stereocenters. The smallest absolute Gasteiger partial charge is 0.168 e. The summed E-state index contributed by atoms with van der Waals surface area (Å²) < 4.78 is 0. The van der Waals surface area contributed by atoms with Crippen LogP contribution in [-0.2, 0) is 16.6 Å². The first-order chi connectivity index (χ1) is 13.0. The second-order valence-electron chi connectivity index (χ2n) is 8.77. The van der Waals surface area contributed by atoms with E-state index in [1.54, 1.807) is 0 Å². The number of ketones is 1. The summed E-state index contributed by atoms with van der Waals surface area (Å²) in [6.45, 7) is 4.41. The van der Waals surface area contributed by atoms with Gasteiger partial charge in [0, 0.05) is 22.9 Å². The Morgan fingerprint density at radius 3 is 2.33 bits per heavy atom. The highest BCUT2D eigenvalue weighted by Gasteiger charge is 2.40. The molecule has 0 aromatic heterocycles. The van der Waals surface area contributed by atoms with Gasteiger partial charge in [0.15, 0.2) is 5.78 Å². The molecule has 2 aromatic carbocycles. The molecule has 4 rings (SSSR count). The van der Waals surface area contributed by atoms with Crippen LogP contribution in [0.1, 0.15) is 62.6 Å². The first kappa shape index (κ1) is 18.0. The van der Waals surface area contributed by atoms with E-state index < -0.39 is 0 Å². The van der Waals surface area contributed by atoms with E-state index in [9.17, 15) is 4.79 Å². The molecule has 2 aromatic rings. The highest BCUT2D eigenvalue weighted by atomic mass is 16.1. The Balaban J connectivity index is 1.77. The molecule has 2 aliphatic rings. The lowest BCUT2D eigenvalue weighted by atomic mass is 9.66. The van der Waals surface area contributed by atoms with Crippen LogP contribution in [-0.4, -0.2) is 11.3 Å². The summed E-state index contributed by atoms with van der Waals surface area (Å²) in [5.41, 5.74) is 4.22. The van der Waals surface area contributed by atoms with Gasteiger partial charge >= 0.3 is 0 Å². The van der Waals surface area contributed by atoms with Crippen LogP contribution < -0.4 is 5.32 Å². The fourth-order valence-electron chi connectivity index (χ4n) is 4.86. The molecule has 1 aliphatic heterocycles. The zero-order valence-electron chi connectivity index (χ0n) is 16.4. The normalized spacial score (nSPS) is 21.9. The van der Waals surface area contributed by atoms with Crippen LogP contribution in [0.3, 0.4) is 0 Å². The molecule has 2 heteroatoms. The van der Waals surface area contributed by atoms with Crippen molar-refractivity contribution in [2.45, 2.75) is 63.3 Å². The number of hydrogen-bond donors (Lipinski definition) is 1. The fourth-order valence-corrected chi connectivity index (χ4v) is 4.86. The van der Waals surface area contributed by atoms with Gasteiger partial charge in [0.25, 0.3) is 0 Å². The summed E-state index contributed by atoms with van der Waals surface area (Å²) in [5.74, 6) is 0.253. The van der Waals surface area contributed by atoms with Crippen molar-refractivity contribution in [1.82, 2.24) is 5.32 Å². The average molecular weight is 360 g/mol. The van der Waals surface area contributed by atoms with Gasteiger partial charge < -0.3 is 5.32 Å². The fraction of sp³-hybridized carbons (Fsp3) is 0.400. The lowest BCUT2D eigenvalue weighted by molar-refractivity contribution is -0.121. The molecule has 0 spiro atoms. The van der Waals surface area contributed by atoms with Gasteiger partial charge in [-0.3, -0.25) is 4.79 Å². The van der Waals surface area contributed by atoms with Crippen molar-refractivity contribution in [3.05, 3.63) is 77.4 Å². The molecule has 1 fully saturated rings. The third kappa shape index (κ3) is 3.45. The minimum Gasteiger partial charge on any atom is -0.379 e. The molecule has 27 heavy (non-hydrogen) atoms. The Morgan fingerprint density at radius 2 is 1.59 bits per heavy atom. The maximum Gasteiger partial charge on any atom is 0.168 e. The first-order valence-electron chi connectivity index (χ1n) is 10.2. The molecule has 0 bridgehead atoms. The summed E-state index contributed by atoms with van der Waals surface area (Å²) in [6, 6.07) is 18.9. The van der Waals surface area contributed by atoms with Crippen LogP contribution in [0, 0.1) is 0 Å². The quantitative estimate of drug-likeness (QED) is 0.741. The molecule has 1 aliphatic carbocycles. The number of fused-ring (bicyclic) bond motifs is 1. The average Bonchev–Trinajstić information content (AvgIpc) is 2.68. The van der Waals surface area contributed by atoms with Crippen molar-refractivity contribution in [2.24, 2.45) is 0 Å². The van der Waals surface area contributed by atoms with E-state index >= 15 is 0 Å². The van der Waals surface area contributed by atoms with Gasteiger partial charge in [0.2, 0.25) is 0 Å². The van der Waals surface area contributed by atoms with Gasteiger partial charge in [-0.2, -0.15) is 0 Å². The molecule has 0 amide bonds. The van der Waals surface area contributed by atoms with Crippen molar-refractivity contribution < 1.29 is 4.79 Å². The lowest BCUT2D eigenvalue weighted by Gasteiger charge is -2.38. The lowest BCUT2D eigenvalue weighted by Crippen LogP contribution is -2.44. The minimum absolute atomic E-state index is 0.0487. The molecule has 1 heterocycles. The highest BCUT2D eigenvalue weighted by molar-refractivity contribution is 6.04. The largest absolute Gasteiger partial charge is 0.379 e. The summed E-state index contributed by atoms with van der Waals surface area (Å²) in [4.78, 5) is 13.7. The number of carbonyl (C=O) groups excluding carboxylic acids is 1. The number of nitrogens with one attached hydrogen (secondary N) is 1. The Kier molecular flexibility index (Phi) is 4.67. The topological polar surface area (TPSA) is 29.1 Å². The van der Waals surface area contributed by atoms with Crippen LogP contribution in [0.4, 0.5) is 0 Å². The van der Waals surface area contributed by atoms with Crippen molar-refractivity contribution in [1.29, 1.82) is 0 Å². The molecule has 0 radical (unpaired) electrons. The Bertz CT molecular complexity index is 857. The monoisotopic (exact) mass is 359 g/mol. The standard InChI is InChI=1S/C25H29NO/c1-24(2)18-19-11-7-8-14-21(19)22(26-24)17-23(27)25(15-9-4-10-16-25)20-12-5-3-6-13-20/h3,5-8,11-14,17,26H,4,9-10,15-16,18H2,1-2H3. The van der Waals surface area contributed by atoms with E-state index in [2.05, 4.69) is 67.7 Å². The van der Waals surface area contributed by atoms with Crippen LogP contribution in [0.2, 0.25) is 0 Å². The van der Waals surface area contributed by atoms with Gasteiger partial charge in [0.05, 0.1) is 5.41 Å². The SMILES string of the molecule is CC1(C)Cc2ccccc2C(=CC(=O)C2(c3ccccc3)CCCCC2)N1. The number of allylic oxidation sites excluding steroid dienone is 1. The van der Waals surface area contributed by atoms with Crippen molar-refractivity contribution >= 4 is 11.5 Å². The van der Waals surface area contributed by atoms with Crippen molar-refractivity contribution in [3.63, 3.8) is 0 Å². The summed E-state index contributed by atoms with van der Waals surface area (Å²) in [5, 5.41) is 3.63. The van der Waals surface area contributed by atoms with Crippen molar-refractivity contribution in [2.75, 3.05) is 0 Å². The molecule has 0 unspecified atom stereocenters. The number of hydrogen-bond acceptors (Lipinski definition) is 2. The third-order valence-electron chi connectivity index (χ3n) is 6.19. The Hall–Kier alpha value is -2.35. The van der Waals surface area contributed by atoms with Crippen LogP contribution in [0.15, 0.2) is 60.7 Å². The molecular formula is C25H29NO. The maximum absolute atomic E-state index is 13.7. The first-order valence-corrected chi connectivity index (χ1v) is 10.2. The molecular weight excluding hydrogens is 330 g/mol. The van der Waals surface area contributed by atoms with E-state index in [0.29, 0.717) is 0 Å². The van der Waals surface area contributed by atoms with Crippen LogP contribution >= 0.6 is 0 Å². The Morgan fingerprint density at radius 1 is 0.926 bits per heavy atom. The second-order valence-corrected chi connectivity index (χ2v) is 8.77.